The molecular weight excluding hydrogens is 512 g/mol. The van der Waals surface area contributed by atoms with E-state index < -0.39 is 3.68 Å². The molecule has 0 aliphatic carbocycles. The second-order valence-corrected chi connectivity index (χ2v) is 11.0. The van der Waals surface area contributed by atoms with Crippen molar-refractivity contribution in [2.75, 3.05) is 6.61 Å². The van der Waals surface area contributed by atoms with E-state index in [9.17, 15) is 4.39 Å². The summed E-state index contributed by atoms with van der Waals surface area (Å²) in [5.74, 6) is 0.478. The Kier molecular flexibility index (Phi) is 5.94. The number of ether oxygens (including phenoxy) is 1. The van der Waals surface area contributed by atoms with E-state index in [1.807, 2.05) is 24.3 Å². The van der Waals surface area contributed by atoms with Crippen LogP contribution in [0.15, 0.2) is 43.4 Å². The first-order valence-electron chi connectivity index (χ1n) is 9.93. The number of fused-ring (bicyclic) bond motifs is 1. The molecule has 7 heteroatoms. The fraction of sp³-hybridized carbons (Fsp3) is 0.348. The molecule has 30 heavy (non-hydrogen) atoms. The molecule has 0 spiro atoms. The topological polar surface area (TPSA) is 30.3 Å². The zero-order valence-corrected chi connectivity index (χ0v) is 20.6. The van der Waals surface area contributed by atoms with Crippen molar-refractivity contribution in [1.82, 2.24) is 14.5 Å². The monoisotopic (exact) mass is 538 g/mol. The minimum atomic E-state index is -1.36. The third-order valence-corrected chi connectivity index (χ3v) is 7.68. The van der Waals surface area contributed by atoms with Crippen molar-refractivity contribution in [3.05, 3.63) is 64.9 Å². The Labute approximate surface area is 194 Å². The number of aromatic nitrogens is 2. The van der Waals surface area contributed by atoms with Crippen LogP contribution in [0.3, 0.4) is 0 Å². The lowest BCUT2D eigenvalue weighted by molar-refractivity contribution is -0.527. The van der Waals surface area contributed by atoms with E-state index in [1.54, 1.807) is 6.20 Å². The molecule has 0 N–H and O–H groups in total. The molecule has 0 saturated heterocycles. The Morgan fingerprint density at radius 2 is 2.13 bits per heavy atom. The maximum Gasteiger partial charge on any atom is 0.328 e. The van der Waals surface area contributed by atoms with Crippen LogP contribution in [0, 0.1) is 6.92 Å². The summed E-state index contributed by atoms with van der Waals surface area (Å²) in [6.07, 6.45) is 6.44. The third kappa shape index (κ3) is 4.27. The molecule has 0 radical (unpaired) electrons. The molecule has 0 fully saturated rings. The molecule has 0 aromatic carbocycles. The molecule has 0 amide bonds. The quantitative estimate of drug-likeness (QED) is 0.342. The lowest BCUT2D eigenvalue weighted by Crippen LogP contribution is -3.43. The van der Waals surface area contributed by atoms with Crippen LogP contribution in [0.25, 0.3) is 16.1 Å². The summed E-state index contributed by atoms with van der Waals surface area (Å²) in [4.78, 5) is 9.15. The van der Waals surface area contributed by atoms with Gasteiger partial charge in [-0.2, -0.15) is 4.39 Å². The van der Waals surface area contributed by atoms with E-state index in [2.05, 4.69) is 59.5 Å². The standard InChI is InChI=1S/C23H26FIN3OS/c1-5-23(24,25)14-29-22-21-16(3)28(11-17(21)8-9-26-22)12-18-6-7-20(30-18)19-13-27(4)10-15(19)2/h6-10,13,25H,3,5,11-12,14H2,1-2,4H3/q+1. The summed E-state index contributed by atoms with van der Waals surface area (Å²) < 4.78 is 20.8. The summed E-state index contributed by atoms with van der Waals surface area (Å²) in [7, 11) is 2.05. The number of aryl methyl sites for hydroxylation is 2. The smallest absolute Gasteiger partial charge is 0.328 e. The number of pyridine rings is 1. The highest BCUT2D eigenvalue weighted by atomic mass is 127. The van der Waals surface area contributed by atoms with Crippen LogP contribution >= 0.6 is 11.3 Å². The predicted octanol–water partition coefficient (Wildman–Crippen LogP) is 2.18. The molecule has 0 saturated carbocycles. The van der Waals surface area contributed by atoms with E-state index in [1.165, 1.54) is 43.5 Å². The Morgan fingerprint density at radius 1 is 1.33 bits per heavy atom. The van der Waals surface area contributed by atoms with E-state index in [0.29, 0.717) is 12.3 Å². The maximum absolute atomic E-state index is 14.3. The molecule has 3 aromatic heterocycles. The van der Waals surface area contributed by atoms with Crippen molar-refractivity contribution in [2.24, 2.45) is 7.05 Å². The van der Waals surface area contributed by atoms with Gasteiger partial charge in [0.1, 0.15) is 0 Å². The number of hydrogen-bond donors (Lipinski definition) is 0. The van der Waals surface area contributed by atoms with Crippen LogP contribution in [-0.4, -0.2) is 24.7 Å². The van der Waals surface area contributed by atoms with Gasteiger partial charge in [-0.05, 0) is 36.2 Å². The fourth-order valence-electron chi connectivity index (χ4n) is 3.69. The van der Waals surface area contributed by atoms with Crippen LogP contribution < -0.4 is 27.3 Å². The molecule has 0 bridgehead atoms. The Morgan fingerprint density at radius 3 is 2.83 bits per heavy atom. The highest BCUT2D eigenvalue weighted by Crippen LogP contribution is 2.39. The van der Waals surface area contributed by atoms with Crippen LogP contribution in [-0.2, 0) is 20.1 Å². The van der Waals surface area contributed by atoms with Gasteiger partial charge < -0.3 is 14.2 Å². The minimum absolute atomic E-state index is 0.00454. The predicted molar refractivity (Wildman–Crippen MR) is 117 cm³/mol. The van der Waals surface area contributed by atoms with Crippen LogP contribution in [0.4, 0.5) is 4.39 Å². The normalized spacial score (nSPS) is 15.4. The number of thiophene rings is 1. The van der Waals surface area contributed by atoms with Crippen LogP contribution in [0.2, 0.25) is 0 Å². The molecule has 4 nitrogen and oxygen atoms in total. The highest BCUT2D eigenvalue weighted by molar-refractivity contribution is 7.15. The Bertz CT molecular complexity index is 1090. The summed E-state index contributed by atoms with van der Waals surface area (Å²) in [5, 5.41) is 0. The van der Waals surface area contributed by atoms with Crippen molar-refractivity contribution in [1.29, 1.82) is 0 Å². The minimum Gasteiger partial charge on any atom is -0.469 e. The van der Waals surface area contributed by atoms with Crippen LogP contribution in [0.1, 0.15) is 34.9 Å². The van der Waals surface area contributed by atoms with Crippen molar-refractivity contribution in [3.8, 4) is 16.3 Å². The SMILES string of the molecule is C=C1c2c(ccnc2OCC(F)([IH+])CC)CN1Cc1ccc(-c2cn(C)cc2C)s1. The van der Waals surface area contributed by atoms with Gasteiger partial charge in [0.05, 0.1) is 12.1 Å². The maximum atomic E-state index is 14.3. The van der Waals surface area contributed by atoms with Gasteiger partial charge >= 0.3 is 3.68 Å². The lowest BCUT2D eigenvalue weighted by Gasteiger charge is -2.19. The van der Waals surface area contributed by atoms with Gasteiger partial charge in [0.2, 0.25) is 5.88 Å². The van der Waals surface area contributed by atoms with Gasteiger partial charge in [-0.25, -0.2) is 4.98 Å². The molecular formula is C23H26FIN3OS+. The molecule has 1 unspecified atom stereocenters. The average molecular weight is 538 g/mol. The van der Waals surface area contributed by atoms with E-state index in [4.69, 9.17) is 4.74 Å². The summed E-state index contributed by atoms with van der Waals surface area (Å²) >= 11 is 3.28. The zero-order valence-electron chi connectivity index (χ0n) is 17.4. The van der Waals surface area contributed by atoms with Gasteiger partial charge in [0.25, 0.3) is 22.6 Å². The van der Waals surface area contributed by atoms with Crippen molar-refractivity contribution in [2.45, 2.75) is 37.0 Å². The number of nitrogens with zero attached hydrogens (tertiary/aromatic N) is 3. The largest absolute Gasteiger partial charge is 0.469 e. The summed E-state index contributed by atoms with van der Waals surface area (Å²) in [5.41, 5.74) is 5.48. The molecule has 4 rings (SSSR count). The van der Waals surface area contributed by atoms with Gasteiger partial charge in [-0.3, -0.25) is 0 Å². The van der Waals surface area contributed by atoms with E-state index >= 15 is 0 Å². The van der Waals surface area contributed by atoms with Crippen molar-refractivity contribution >= 4 is 17.0 Å². The fourth-order valence-corrected chi connectivity index (χ4v) is 4.96. The Balaban J connectivity index is 1.50. The van der Waals surface area contributed by atoms with Crippen LogP contribution in [0.5, 0.6) is 5.88 Å². The molecule has 1 aliphatic rings. The molecule has 158 valence electrons. The summed E-state index contributed by atoms with van der Waals surface area (Å²) in [6, 6.07) is 6.38. The second kappa shape index (κ2) is 8.34. The molecule has 1 atom stereocenters. The first-order valence-corrected chi connectivity index (χ1v) is 11.9. The summed E-state index contributed by atoms with van der Waals surface area (Å²) in [6.45, 7) is 9.79. The van der Waals surface area contributed by atoms with Gasteiger partial charge in [-0.15, -0.1) is 11.3 Å². The second-order valence-electron chi connectivity index (χ2n) is 7.76. The number of rotatable bonds is 7. The third-order valence-electron chi connectivity index (χ3n) is 5.42. The number of alkyl halides is 2. The van der Waals surface area contributed by atoms with Crippen molar-refractivity contribution < 1.29 is 31.7 Å². The first-order chi connectivity index (χ1) is 14.3. The molecule has 1 aliphatic heterocycles. The molecule has 4 heterocycles. The average Bonchev–Trinajstić information content (AvgIpc) is 3.39. The van der Waals surface area contributed by atoms with Crippen molar-refractivity contribution in [3.63, 3.8) is 0 Å². The number of halogens is 2. The lowest BCUT2D eigenvalue weighted by atomic mass is 10.1. The van der Waals surface area contributed by atoms with Gasteiger partial charge in [0, 0.05) is 59.6 Å². The highest BCUT2D eigenvalue weighted by Gasteiger charge is 2.36. The first kappa shape index (κ1) is 21.4. The Hall–Kier alpha value is -1.87. The van der Waals surface area contributed by atoms with Gasteiger partial charge in [-0.1, -0.05) is 13.5 Å². The van der Waals surface area contributed by atoms with Gasteiger partial charge in [0.15, 0.2) is 6.61 Å². The molecule has 3 aromatic rings. The number of hydrogen-bond acceptors (Lipinski definition) is 4. The van der Waals surface area contributed by atoms with E-state index in [0.717, 1.165) is 29.9 Å². The zero-order chi connectivity index (χ0) is 21.5. The van der Waals surface area contributed by atoms with E-state index in [-0.39, 0.29) is 6.61 Å².